The van der Waals surface area contributed by atoms with E-state index >= 15 is 0 Å². The Kier molecular flexibility index (Phi) is 3.34. The molecule has 1 saturated carbocycles. The third-order valence-electron chi connectivity index (χ3n) is 4.55. The summed E-state index contributed by atoms with van der Waals surface area (Å²) in [5.41, 5.74) is 4.09. The van der Waals surface area contributed by atoms with Crippen molar-refractivity contribution >= 4 is 5.91 Å². The summed E-state index contributed by atoms with van der Waals surface area (Å²) in [7, 11) is 0. The zero-order valence-corrected chi connectivity index (χ0v) is 12.0. The van der Waals surface area contributed by atoms with Crippen LogP contribution in [0.25, 0.3) is 0 Å². The van der Waals surface area contributed by atoms with Crippen LogP contribution in [0.4, 0.5) is 0 Å². The molecule has 1 amide bonds. The molecular weight excluding hydrogens is 234 g/mol. The van der Waals surface area contributed by atoms with Gasteiger partial charge in [0, 0.05) is 18.5 Å². The van der Waals surface area contributed by atoms with Crippen molar-refractivity contribution in [1.29, 1.82) is 0 Å². The van der Waals surface area contributed by atoms with Gasteiger partial charge in [-0.15, -0.1) is 0 Å². The zero-order valence-electron chi connectivity index (χ0n) is 12.0. The molecule has 2 fully saturated rings. The lowest BCUT2D eigenvalue weighted by Crippen LogP contribution is -2.37. The first-order chi connectivity index (χ1) is 9.15. The first-order valence-corrected chi connectivity index (χ1v) is 7.52. The zero-order chi connectivity index (χ0) is 13.4. The third kappa shape index (κ3) is 2.68. The van der Waals surface area contributed by atoms with Gasteiger partial charge in [0.1, 0.15) is 0 Å². The van der Waals surface area contributed by atoms with E-state index in [-0.39, 0.29) is 0 Å². The number of hydrogen-bond donors (Lipinski definition) is 0. The summed E-state index contributed by atoms with van der Waals surface area (Å²) in [5.74, 6) is 0.784. The molecule has 0 radical (unpaired) electrons. The van der Waals surface area contributed by atoms with Crippen molar-refractivity contribution in [1.82, 2.24) is 4.90 Å². The topological polar surface area (TPSA) is 20.3 Å². The molecule has 2 nitrogen and oxygen atoms in total. The Hall–Kier alpha value is -1.31. The number of aryl methyl sites for hydroxylation is 2. The average Bonchev–Trinajstić information content (AvgIpc) is 3.14. The van der Waals surface area contributed by atoms with Crippen molar-refractivity contribution in [3.8, 4) is 0 Å². The lowest BCUT2D eigenvalue weighted by atomic mass is 9.97. The van der Waals surface area contributed by atoms with Crippen LogP contribution in [0.5, 0.6) is 0 Å². The van der Waals surface area contributed by atoms with Gasteiger partial charge in [-0.3, -0.25) is 4.79 Å². The Morgan fingerprint density at radius 2 is 2.05 bits per heavy atom. The molecule has 102 valence electrons. The quantitative estimate of drug-likeness (QED) is 0.814. The van der Waals surface area contributed by atoms with Crippen LogP contribution in [0, 0.1) is 19.8 Å². The molecule has 0 bridgehead atoms. The number of likely N-dealkylation sites (tertiary alicyclic amines) is 1. The maximum absolute atomic E-state index is 12.3. The van der Waals surface area contributed by atoms with E-state index in [4.69, 9.17) is 0 Å². The van der Waals surface area contributed by atoms with Crippen LogP contribution in [0.3, 0.4) is 0 Å². The van der Waals surface area contributed by atoms with Crippen LogP contribution >= 0.6 is 0 Å². The second-order valence-electron chi connectivity index (χ2n) is 6.24. The molecule has 3 rings (SSSR count). The SMILES string of the molecule is Cc1ccc(C)c(CC2CCCN2C(=O)C2CC2)c1. The summed E-state index contributed by atoms with van der Waals surface area (Å²) < 4.78 is 0. The first-order valence-electron chi connectivity index (χ1n) is 7.52. The molecule has 19 heavy (non-hydrogen) atoms. The molecule has 1 aliphatic carbocycles. The number of hydrogen-bond acceptors (Lipinski definition) is 1. The molecule has 1 aliphatic heterocycles. The van der Waals surface area contributed by atoms with E-state index in [2.05, 4.69) is 36.9 Å². The van der Waals surface area contributed by atoms with Gasteiger partial charge in [-0.2, -0.15) is 0 Å². The molecule has 2 aliphatic rings. The van der Waals surface area contributed by atoms with E-state index in [0.29, 0.717) is 17.9 Å². The lowest BCUT2D eigenvalue weighted by molar-refractivity contribution is -0.133. The Labute approximate surface area is 115 Å². The van der Waals surface area contributed by atoms with Gasteiger partial charge in [0.25, 0.3) is 0 Å². The minimum atomic E-state index is 0.360. The summed E-state index contributed by atoms with van der Waals surface area (Å²) in [6.45, 7) is 5.30. The van der Waals surface area contributed by atoms with E-state index in [1.54, 1.807) is 0 Å². The molecule has 0 N–H and O–H groups in total. The monoisotopic (exact) mass is 257 g/mol. The lowest BCUT2D eigenvalue weighted by Gasteiger charge is -2.25. The van der Waals surface area contributed by atoms with Crippen LogP contribution in [-0.4, -0.2) is 23.4 Å². The summed E-state index contributed by atoms with van der Waals surface area (Å²) in [6, 6.07) is 7.09. The predicted octanol–water partition coefficient (Wildman–Crippen LogP) is 3.25. The molecule has 1 aromatic rings. The summed E-state index contributed by atoms with van der Waals surface area (Å²) in [6.07, 6.45) is 5.61. The van der Waals surface area contributed by atoms with Crippen LogP contribution in [0.15, 0.2) is 18.2 Å². The van der Waals surface area contributed by atoms with Gasteiger partial charge in [0.05, 0.1) is 0 Å². The van der Waals surface area contributed by atoms with Gasteiger partial charge in [-0.1, -0.05) is 23.8 Å². The molecule has 1 unspecified atom stereocenters. The van der Waals surface area contributed by atoms with Crippen molar-refractivity contribution in [3.05, 3.63) is 34.9 Å². The van der Waals surface area contributed by atoms with Gasteiger partial charge in [0.15, 0.2) is 0 Å². The third-order valence-corrected chi connectivity index (χ3v) is 4.55. The molecule has 0 aromatic heterocycles. The van der Waals surface area contributed by atoms with Gasteiger partial charge in [-0.25, -0.2) is 0 Å². The van der Waals surface area contributed by atoms with Crippen molar-refractivity contribution < 1.29 is 4.79 Å². The van der Waals surface area contributed by atoms with Crippen LogP contribution in [-0.2, 0) is 11.2 Å². The fourth-order valence-corrected chi connectivity index (χ4v) is 3.18. The van der Waals surface area contributed by atoms with Crippen molar-refractivity contribution in [2.24, 2.45) is 5.92 Å². The summed E-state index contributed by atoms with van der Waals surface area (Å²) >= 11 is 0. The van der Waals surface area contributed by atoms with E-state index < -0.39 is 0 Å². The Morgan fingerprint density at radius 1 is 1.26 bits per heavy atom. The highest BCUT2D eigenvalue weighted by Crippen LogP contribution is 2.34. The van der Waals surface area contributed by atoms with Gasteiger partial charge < -0.3 is 4.90 Å². The molecule has 1 aromatic carbocycles. The normalized spacial score (nSPS) is 22.8. The second-order valence-corrected chi connectivity index (χ2v) is 6.24. The summed E-state index contributed by atoms with van der Waals surface area (Å²) in [5, 5.41) is 0. The average molecular weight is 257 g/mol. The van der Waals surface area contributed by atoms with E-state index in [1.807, 2.05) is 0 Å². The number of carbonyl (C=O) groups excluding carboxylic acids is 1. The number of rotatable bonds is 3. The van der Waals surface area contributed by atoms with Crippen LogP contribution < -0.4 is 0 Å². The smallest absolute Gasteiger partial charge is 0.225 e. The highest BCUT2D eigenvalue weighted by molar-refractivity contribution is 5.81. The first kappa shape index (κ1) is 12.7. The maximum atomic E-state index is 12.3. The number of nitrogens with zero attached hydrogens (tertiary/aromatic N) is 1. The van der Waals surface area contributed by atoms with Gasteiger partial charge >= 0.3 is 0 Å². The van der Waals surface area contributed by atoms with Gasteiger partial charge in [0.2, 0.25) is 5.91 Å². The molecule has 1 saturated heterocycles. The van der Waals surface area contributed by atoms with Crippen LogP contribution in [0.2, 0.25) is 0 Å². The fraction of sp³-hybridized carbons (Fsp3) is 0.588. The highest BCUT2D eigenvalue weighted by Gasteiger charge is 2.38. The van der Waals surface area contributed by atoms with Crippen molar-refractivity contribution in [3.63, 3.8) is 0 Å². The van der Waals surface area contributed by atoms with E-state index in [0.717, 1.165) is 25.8 Å². The number of amides is 1. The highest BCUT2D eigenvalue weighted by atomic mass is 16.2. The minimum absolute atomic E-state index is 0.360. The number of carbonyl (C=O) groups is 1. The molecule has 1 heterocycles. The Bertz CT molecular complexity index is 490. The van der Waals surface area contributed by atoms with E-state index in [9.17, 15) is 4.79 Å². The van der Waals surface area contributed by atoms with Crippen molar-refractivity contribution in [2.45, 2.75) is 52.0 Å². The minimum Gasteiger partial charge on any atom is -0.339 e. The molecular formula is C17H23NO. The van der Waals surface area contributed by atoms with Crippen molar-refractivity contribution in [2.75, 3.05) is 6.54 Å². The fourth-order valence-electron chi connectivity index (χ4n) is 3.18. The van der Waals surface area contributed by atoms with Crippen LogP contribution in [0.1, 0.15) is 42.4 Å². The van der Waals surface area contributed by atoms with Gasteiger partial charge in [-0.05, 0) is 57.1 Å². The van der Waals surface area contributed by atoms with E-state index in [1.165, 1.54) is 29.5 Å². The standard InChI is InChI=1S/C17H23NO/c1-12-5-6-13(2)15(10-12)11-16-4-3-9-18(16)17(19)14-7-8-14/h5-6,10,14,16H,3-4,7-9,11H2,1-2H3. The summed E-state index contributed by atoms with van der Waals surface area (Å²) in [4.78, 5) is 14.5. The largest absolute Gasteiger partial charge is 0.339 e. The number of benzene rings is 1. The predicted molar refractivity (Wildman–Crippen MR) is 77.1 cm³/mol. The molecule has 1 atom stereocenters. The second kappa shape index (κ2) is 4.99. The molecule has 0 spiro atoms. The Morgan fingerprint density at radius 3 is 2.79 bits per heavy atom. The maximum Gasteiger partial charge on any atom is 0.225 e. The Balaban J connectivity index is 1.74. The molecule has 2 heteroatoms.